The molecule has 0 spiro atoms. The van der Waals surface area contributed by atoms with Crippen LogP contribution in [0.1, 0.15) is 5.69 Å². The summed E-state index contributed by atoms with van der Waals surface area (Å²) in [5, 5.41) is 0.871. The number of rotatable bonds is 1. The van der Waals surface area contributed by atoms with E-state index in [0.29, 0.717) is 19.0 Å². The lowest BCUT2D eigenvalue weighted by atomic mass is 10.2. The molecule has 1 aromatic carbocycles. The molecule has 0 N–H and O–H groups in total. The molecule has 0 saturated carbocycles. The third kappa shape index (κ3) is 1.30. The van der Waals surface area contributed by atoms with Gasteiger partial charge in [-0.3, -0.25) is 0 Å². The van der Waals surface area contributed by atoms with Crippen molar-refractivity contribution in [3.05, 3.63) is 35.8 Å². The van der Waals surface area contributed by atoms with E-state index < -0.39 is 0 Å². The van der Waals surface area contributed by atoms with Gasteiger partial charge in [0.15, 0.2) is 0 Å². The second-order valence-corrected chi connectivity index (χ2v) is 3.83. The summed E-state index contributed by atoms with van der Waals surface area (Å²) in [5.41, 5.74) is 1.88. The van der Waals surface area contributed by atoms with Crippen LogP contribution in [0, 0.1) is 5.82 Å². The third-order valence-corrected chi connectivity index (χ3v) is 2.81. The molecule has 0 fully saturated rings. The first-order valence-electron chi connectivity index (χ1n) is 5.18. The summed E-state index contributed by atoms with van der Waals surface area (Å²) in [6.45, 7) is 1.33. The highest BCUT2D eigenvalue weighted by Crippen LogP contribution is 2.21. The molecule has 0 amide bonds. The summed E-state index contributed by atoms with van der Waals surface area (Å²) in [5.74, 6) is 0.429. The zero-order valence-corrected chi connectivity index (χ0v) is 8.90. The van der Waals surface area contributed by atoms with Gasteiger partial charge in [-0.15, -0.1) is 0 Å². The van der Waals surface area contributed by atoms with Gasteiger partial charge in [-0.05, 0) is 24.3 Å². The van der Waals surface area contributed by atoms with Crippen LogP contribution in [0.15, 0.2) is 29.3 Å². The van der Waals surface area contributed by atoms with Crippen LogP contribution >= 0.6 is 0 Å². The Morgan fingerprint density at radius 2 is 2.25 bits per heavy atom. The minimum Gasteiger partial charge on any atom is -0.474 e. The van der Waals surface area contributed by atoms with E-state index in [1.165, 1.54) is 12.1 Å². The molecule has 16 heavy (non-hydrogen) atoms. The van der Waals surface area contributed by atoms with E-state index in [2.05, 4.69) is 4.99 Å². The van der Waals surface area contributed by atoms with Crippen LogP contribution in [-0.4, -0.2) is 23.6 Å². The lowest BCUT2D eigenvalue weighted by Crippen LogP contribution is -2.06. The number of nitrogens with zero attached hydrogens (tertiary/aromatic N) is 2. The number of ether oxygens (including phenoxy) is 1. The highest BCUT2D eigenvalue weighted by molar-refractivity contribution is 5.99. The molecule has 1 aliphatic heterocycles. The van der Waals surface area contributed by atoms with Crippen LogP contribution in [0.5, 0.6) is 0 Å². The Hall–Kier alpha value is -1.84. The summed E-state index contributed by atoms with van der Waals surface area (Å²) in [7, 11) is 1.93. The van der Waals surface area contributed by atoms with Crippen LogP contribution < -0.4 is 0 Å². The summed E-state index contributed by atoms with van der Waals surface area (Å²) in [6, 6.07) is 6.66. The fraction of sp³-hybridized carbons (Fsp3) is 0.250. The molecule has 0 unspecified atom stereocenters. The Morgan fingerprint density at radius 3 is 3.00 bits per heavy atom. The SMILES string of the molecule is Cn1c(C2=NCCO2)cc2cc(F)ccc21. The quantitative estimate of drug-likeness (QED) is 0.720. The van der Waals surface area contributed by atoms with Crippen molar-refractivity contribution in [1.29, 1.82) is 0 Å². The number of hydrogen-bond donors (Lipinski definition) is 0. The predicted molar refractivity (Wildman–Crippen MR) is 60.2 cm³/mol. The second kappa shape index (κ2) is 3.33. The molecule has 0 aliphatic carbocycles. The van der Waals surface area contributed by atoms with E-state index in [-0.39, 0.29) is 5.82 Å². The van der Waals surface area contributed by atoms with Gasteiger partial charge in [-0.2, -0.15) is 0 Å². The molecule has 4 heteroatoms. The third-order valence-electron chi connectivity index (χ3n) is 2.81. The van der Waals surface area contributed by atoms with Crippen LogP contribution in [0.3, 0.4) is 0 Å². The van der Waals surface area contributed by atoms with Crippen molar-refractivity contribution >= 4 is 16.8 Å². The van der Waals surface area contributed by atoms with Crippen LogP contribution in [0.2, 0.25) is 0 Å². The molecular formula is C12H11FN2O. The number of aromatic nitrogens is 1. The lowest BCUT2D eigenvalue weighted by molar-refractivity contribution is 0.346. The Morgan fingerprint density at radius 1 is 1.38 bits per heavy atom. The van der Waals surface area contributed by atoms with Gasteiger partial charge < -0.3 is 9.30 Å². The lowest BCUT2D eigenvalue weighted by Gasteiger charge is -2.03. The van der Waals surface area contributed by atoms with Crippen LogP contribution in [0.25, 0.3) is 10.9 Å². The van der Waals surface area contributed by atoms with Gasteiger partial charge in [0.25, 0.3) is 0 Å². The summed E-state index contributed by atoms with van der Waals surface area (Å²) in [6.07, 6.45) is 0. The molecular weight excluding hydrogens is 207 g/mol. The van der Waals surface area contributed by atoms with E-state index >= 15 is 0 Å². The maximum atomic E-state index is 13.1. The molecule has 3 nitrogen and oxygen atoms in total. The molecule has 1 aromatic heterocycles. The average Bonchev–Trinajstić information content (AvgIpc) is 2.86. The zero-order valence-electron chi connectivity index (χ0n) is 8.90. The Kier molecular flexibility index (Phi) is 1.96. The molecule has 0 saturated heterocycles. The molecule has 0 radical (unpaired) electrons. The van der Waals surface area contributed by atoms with Crippen molar-refractivity contribution in [3.63, 3.8) is 0 Å². The van der Waals surface area contributed by atoms with E-state index in [0.717, 1.165) is 16.6 Å². The standard InChI is InChI=1S/C12H11FN2O/c1-15-10-3-2-9(13)6-8(10)7-11(15)12-14-4-5-16-12/h2-3,6-7H,4-5H2,1H3. The minimum absolute atomic E-state index is 0.223. The van der Waals surface area contributed by atoms with Crippen molar-refractivity contribution in [2.75, 3.05) is 13.2 Å². The highest BCUT2D eigenvalue weighted by atomic mass is 19.1. The smallest absolute Gasteiger partial charge is 0.233 e. The molecule has 82 valence electrons. The van der Waals surface area contributed by atoms with Crippen molar-refractivity contribution in [2.24, 2.45) is 12.0 Å². The Labute approximate surface area is 92.2 Å². The molecule has 0 atom stereocenters. The van der Waals surface area contributed by atoms with E-state index in [1.54, 1.807) is 6.07 Å². The van der Waals surface area contributed by atoms with Gasteiger partial charge in [0.05, 0.1) is 6.54 Å². The maximum Gasteiger partial charge on any atom is 0.233 e. The molecule has 2 aromatic rings. The Balaban J connectivity index is 2.22. The first kappa shape index (κ1) is 9.39. The largest absolute Gasteiger partial charge is 0.474 e. The van der Waals surface area contributed by atoms with Crippen LogP contribution in [0.4, 0.5) is 4.39 Å². The summed E-state index contributed by atoms with van der Waals surface area (Å²) in [4.78, 5) is 4.26. The van der Waals surface area contributed by atoms with Gasteiger partial charge in [0.1, 0.15) is 18.1 Å². The predicted octanol–water partition coefficient (Wildman–Crippen LogP) is 2.09. The fourth-order valence-corrected chi connectivity index (χ4v) is 2.02. The molecule has 0 bridgehead atoms. The number of fused-ring (bicyclic) bond motifs is 1. The monoisotopic (exact) mass is 218 g/mol. The summed E-state index contributed by atoms with van der Waals surface area (Å²) < 4.78 is 20.5. The fourth-order valence-electron chi connectivity index (χ4n) is 2.02. The average molecular weight is 218 g/mol. The van der Waals surface area contributed by atoms with E-state index in [4.69, 9.17) is 4.74 Å². The number of aliphatic imine (C=N–C) groups is 1. The molecule has 1 aliphatic rings. The van der Waals surface area contributed by atoms with Crippen molar-refractivity contribution in [2.45, 2.75) is 0 Å². The van der Waals surface area contributed by atoms with E-state index in [1.807, 2.05) is 17.7 Å². The highest BCUT2D eigenvalue weighted by Gasteiger charge is 2.16. The number of halogens is 1. The maximum absolute atomic E-state index is 13.1. The first-order valence-corrected chi connectivity index (χ1v) is 5.18. The Bertz CT molecular complexity index is 586. The van der Waals surface area contributed by atoms with E-state index in [9.17, 15) is 4.39 Å². The second-order valence-electron chi connectivity index (χ2n) is 3.83. The van der Waals surface area contributed by atoms with Crippen molar-refractivity contribution in [3.8, 4) is 0 Å². The molecule has 3 rings (SSSR count). The normalized spacial score (nSPS) is 15.2. The summed E-state index contributed by atoms with van der Waals surface area (Å²) >= 11 is 0. The van der Waals surface area contributed by atoms with Gasteiger partial charge in [0, 0.05) is 18.0 Å². The van der Waals surface area contributed by atoms with Gasteiger partial charge >= 0.3 is 0 Å². The van der Waals surface area contributed by atoms with Gasteiger partial charge in [0.2, 0.25) is 5.90 Å². The van der Waals surface area contributed by atoms with Crippen molar-refractivity contribution in [1.82, 2.24) is 4.57 Å². The zero-order chi connectivity index (χ0) is 11.1. The number of aryl methyl sites for hydroxylation is 1. The first-order chi connectivity index (χ1) is 7.75. The number of hydrogen-bond acceptors (Lipinski definition) is 2. The minimum atomic E-state index is -0.223. The van der Waals surface area contributed by atoms with Crippen molar-refractivity contribution < 1.29 is 9.13 Å². The van der Waals surface area contributed by atoms with Crippen LogP contribution in [-0.2, 0) is 11.8 Å². The van der Waals surface area contributed by atoms with Gasteiger partial charge in [-0.1, -0.05) is 0 Å². The molecule has 2 heterocycles. The topological polar surface area (TPSA) is 26.5 Å². The number of benzene rings is 1. The van der Waals surface area contributed by atoms with Gasteiger partial charge in [-0.25, -0.2) is 9.38 Å².